The molecule has 3 aromatic rings. The van der Waals surface area contributed by atoms with E-state index < -0.39 is 6.10 Å². The lowest BCUT2D eigenvalue weighted by atomic mass is 10.1. The summed E-state index contributed by atoms with van der Waals surface area (Å²) < 4.78 is 25.2. The zero-order valence-electron chi connectivity index (χ0n) is 17.4. The molecule has 0 saturated heterocycles. The van der Waals surface area contributed by atoms with Crippen LogP contribution in [0.5, 0.6) is 11.5 Å². The summed E-state index contributed by atoms with van der Waals surface area (Å²) in [6, 6.07) is 16.0. The summed E-state index contributed by atoms with van der Waals surface area (Å²) in [4.78, 5) is 24.4. The van der Waals surface area contributed by atoms with E-state index in [4.69, 9.17) is 9.47 Å². The van der Waals surface area contributed by atoms with E-state index in [1.165, 1.54) is 35.0 Å². The predicted octanol–water partition coefficient (Wildman–Crippen LogP) is 3.03. The Bertz CT molecular complexity index is 1070. The topological polar surface area (TPSA) is 82.5 Å². The molecule has 1 N–H and O–H groups in total. The number of halogens is 1. The van der Waals surface area contributed by atoms with E-state index in [0.29, 0.717) is 18.1 Å². The lowest BCUT2D eigenvalue weighted by Gasteiger charge is -2.15. The highest BCUT2D eigenvalue weighted by Gasteiger charge is 2.14. The van der Waals surface area contributed by atoms with Gasteiger partial charge in [-0.15, -0.1) is 0 Å². The van der Waals surface area contributed by atoms with Gasteiger partial charge in [0.1, 0.15) is 17.3 Å². The van der Waals surface area contributed by atoms with Crippen LogP contribution in [0.25, 0.3) is 11.3 Å². The number of carbonyl (C=O) groups excluding carboxylic acids is 1. The summed E-state index contributed by atoms with van der Waals surface area (Å²) in [5.41, 5.74) is 1.23. The van der Waals surface area contributed by atoms with Gasteiger partial charge in [-0.05, 0) is 68.4 Å². The van der Waals surface area contributed by atoms with Crippen LogP contribution >= 0.6 is 0 Å². The number of hydrogen-bond donors (Lipinski definition) is 1. The number of benzene rings is 2. The van der Waals surface area contributed by atoms with Crippen molar-refractivity contribution in [2.24, 2.45) is 0 Å². The van der Waals surface area contributed by atoms with Gasteiger partial charge in [-0.1, -0.05) is 0 Å². The molecular formula is C23H24FN3O4. The van der Waals surface area contributed by atoms with Crippen LogP contribution < -0.4 is 20.3 Å². The van der Waals surface area contributed by atoms with Crippen LogP contribution in [0.1, 0.15) is 13.8 Å². The van der Waals surface area contributed by atoms with Crippen LogP contribution in [0.15, 0.2) is 65.5 Å². The summed E-state index contributed by atoms with van der Waals surface area (Å²) in [5, 5.41) is 7.10. The average Bonchev–Trinajstić information content (AvgIpc) is 2.77. The third-order valence-corrected chi connectivity index (χ3v) is 4.45. The zero-order valence-corrected chi connectivity index (χ0v) is 17.4. The van der Waals surface area contributed by atoms with E-state index in [1.807, 2.05) is 31.2 Å². The number of amides is 1. The second-order valence-corrected chi connectivity index (χ2v) is 6.74. The molecule has 0 bridgehead atoms. The van der Waals surface area contributed by atoms with Gasteiger partial charge in [0.25, 0.3) is 11.5 Å². The van der Waals surface area contributed by atoms with Crippen LogP contribution in [0.4, 0.5) is 4.39 Å². The Labute approximate surface area is 179 Å². The second-order valence-electron chi connectivity index (χ2n) is 6.74. The van der Waals surface area contributed by atoms with Gasteiger partial charge in [0.2, 0.25) is 0 Å². The maximum Gasteiger partial charge on any atom is 0.266 e. The van der Waals surface area contributed by atoms with Crippen molar-refractivity contribution in [3.05, 3.63) is 76.8 Å². The van der Waals surface area contributed by atoms with Gasteiger partial charge in [-0.2, -0.15) is 5.10 Å². The second kappa shape index (κ2) is 10.4. The molecule has 0 radical (unpaired) electrons. The summed E-state index contributed by atoms with van der Waals surface area (Å²) in [6.45, 7) is 4.51. The molecule has 0 saturated carbocycles. The molecular weight excluding hydrogens is 401 g/mol. The summed E-state index contributed by atoms with van der Waals surface area (Å²) in [5.74, 6) is 0.430. The van der Waals surface area contributed by atoms with Gasteiger partial charge in [0, 0.05) is 18.2 Å². The van der Waals surface area contributed by atoms with Crippen LogP contribution in [0.2, 0.25) is 0 Å². The monoisotopic (exact) mass is 425 g/mol. The van der Waals surface area contributed by atoms with Crippen molar-refractivity contribution in [2.45, 2.75) is 26.5 Å². The van der Waals surface area contributed by atoms with Crippen molar-refractivity contribution in [1.82, 2.24) is 15.1 Å². The summed E-state index contributed by atoms with van der Waals surface area (Å²) in [6.07, 6.45) is -0.773. The first-order valence-electron chi connectivity index (χ1n) is 9.97. The Morgan fingerprint density at radius 3 is 2.42 bits per heavy atom. The predicted molar refractivity (Wildman–Crippen MR) is 115 cm³/mol. The summed E-state index contributed by atoms with van der Waals surface area (Å²) in [7, 11) is 0. The molecule has 7 nitrogen and oxygen atoms in total. The Kier molecular flexibility index (Phi) is 7.37. The lowest BCUT2D eigenvalue weighted by molar-refractivity contribution is -0.127. The first kappa shape index (κ1) is 22.0. The first-order chi connectivity index (χ1) is 15.0. The molecule has 0 aliphatic heterocycles. The van der Waals surface area contributed by atoms with E-state index in [1.54, 1.807) is 13.0 Å². The van der Waals surface area contributed by atoms with Crippen LogP contribution in [0, 0.1) is 5.82 Å². The molecule has 1 atom stereocenters. The molecule has 8 heteroatoms. The van der Waals surface area contributed by atoms with Crippen molar-refractivity contribution in [3.63, 3.8) is 0 Å². The molecule has 31 heavy (non-hydrogen) atoms. The fraction of sp³-hybridized carbons (Fsp3) is 0.261. The molecule has 1 heterocycles. The normalized spacial score (nSPS) is 11.6. The SMILES string of the molecule is CCOc1ccc(-c2ccc(=O)n(CCNC(=O)C(C)Oc3ccc(F)cc3)n2)cc1. The van der Waals surface area contributed by atoms with Gasteiger partial charge in [0.05, 0.1) is 18.8 Å². The number of aromatic nitrogens is 2. The van der Waals surface area contributed by atoms with Gasteiger partial charge < -0.3 is 14.8 Å². The Morgan fingerprint density at radius 1 is 1.06 bits per heavy atom. The first-order valence-corrected chi connectivity index (χ1v) is 9.97. The van der Waals surface area contributed by atoms with Gasteiger partial charge in [0.15, 0.2) is 6.10 Å². The molecule has 1 unspecified atom stereocenters. The molecule has 162 valence electrons. The number of ether oxygens (including phenoxy) is 2. The maximum absolute atomic E-state index is 13.0. The Morgan fingerprint density at radius 2 is 1.74 bits per heavy atom. The van der Waals surface area contributed by atoms with Crippen molar-refractivity contribution >= 4 is 5.91 Å². The van der Waals surface area contributed by atoms with Crippen molar-refractivity contribution in [2.75, 3.05) is 13.2 Å². The third-order valence-electron chi connectivity index (χ3n) is 4.45. The Hall–Kier alpha value is -3.68. The van der Waals surface area contributed by atoms with E-state index in [-0.39, 0.29) is 30.4 Å². The molecule has 2 aromatic carbocycles. The van der Waals surface area contributed by atoms with Gasteiger partial charge in [-0.25, -0.2) is 9.07 Å². The zero-order chi connectivity index (χ0) is 22.2. The number of hydrogen-bond acceptors (Lipinski definition) is 5. The molecule has 1 aromatic heterocycles. The van der Waals surface area contributed by atoms with Crippen LogP contribution in [-0.2, 0) is 11.3 Å². The van der Waals surface area contributed by atoms with E-state index >= 15 is 0 Å². The van der Waals surface area contributed by atoms with E-state index in [9.17, 15) is 14.0 Å². The van der Waals surface area contributed by atoms with Crippen LogP contribution in [0.3, 0.4) is 0 Å². The minimum atomic E-state index is -0.773. The molecule has 0 aliphatic rings. The average molecular weight is 425 g/mol. The van der Waals surface area contributed by atoms with Gasteiger partial charge in [-0.3, -0.25) is 9.59 Å². The smallest absolute Gasteiger partial charge is 0.266 e. The lowest BCUT2D eigenvalue weighted by Crippen LogP contribution is -2.39. The minimum Gasteiger partial charge on any atom is -0.494 e. The summed E-state index contributed by atoms with van der Waals surface area (Å²) >= 11 is 0. The quantitative estimate of drug-likeness (QED) is 0.570. The van der Waals surface area contributed by atoms with Crippen molar-refractivity contribution in [1.29, 1.82) is 0 Å². The largest absolute Gasteiger partial charge is 0.494 e. The fourth-order valence-corrected chi connectivity index (χ4v) is 2.85. The van der Waals surface area contributed by atoms with Gasteiger partial charge >= 0.3 is 0 Å². The number of carbonyl (C=O) groups is 1. The number of nitrogens with one attached hydrogen (secondary N) is 1. The highest BCUT2D eigenvalue weighted by Crippen LogP contribution is 2.19. The molecule has 1 amide bonds. The van der Waals surface area contributed by atoms with Crippen molar-refractivity contribution in [3.8, 4) is 22.8 Å². The number of nitrogens with zero attached hydrogens (tertiary/aromatic N) is 2. The molecule has 0 spiro atoms. The van der Waals surface area contributed by atoms with Crippen molar-refractivity contribution < 1.29 is 18.7 Å². The van der Waals surface area contributed by atoms with E-state index in [2.05, 4.69) is 10.4 Å². The third kappa shape index (κ3) is 6.15. The van der Waals surface area contributed by atoms with E-state index in [0.717, 1.165) is 11.3 Å². The molecule has 0 aliphatic carbocycles. The fourth-order valence-electron chi connectivity index (χ4n) is 2.85. The molecule has 0 fully saturated rings. The highest BCUT2D eigenvalue weighted by atomic mass is 19.1. The highest BCUT2D eigenvalue weighted by molar-refractivity contribution is 5.80. The Balaban J connectivity index is 1.57. The molecule has 3 rings (SSSR count). The van der Waals surface area contributed by atoms with Crippen LogP contribution in [-0.4, -0.2) is 34.9 Å². The maximum atomic E-state index is 13.0. The minimum absolute atomic E-state index is 0.204. The number of rotatable bonds is 9. The standard InChI is InChI=1S/C23H24FN3O4/c1-3-30-19-8-4-17(5-9-19)21-12-13-22(28)27(26-21)15-14-25-23(29)16(2)31-20-10-6-18(24)7-11-20/h4-13,16H,3,14-15H2,1-2H3,(H,25,29).